The molecule has 1 heterocycles. The van der Waals surface area contributed by atoms with Gasteiger partial charge < -0.3 is 5.73 Å². The van der Waals surface area contributed by atoms with E-state index in [4.69, 9.17) is 17.3 Å². The van der Waals surface area contributed by atoms with Crippen molar-refractivity contribution >= 4 is 27.4 Å². The summed E-state index contributed by atoms with van der Waals surface area (Å²) in [7, 11) is -3.89. The molecule has 0 aliphatic carbocycles. The maximum atomic E-state index is 13.0. The quantitative estimate of drug-likeness (QED) is 0.897. The monoisotopic (exact) mass is 333 g/mol. The molecule has 1 aromatic heterocycles. The van der Waals surface area contributed by atoms with E-state index in [9.17, 15) is 17.2 Å². The topological polar surface area (TPSA) is 85.1 Å². The lowest BCUT2D eigenvalue weighted by Gasteiger charge is -2.08. The van der Waals surface area contributed by atoms with Crippen molar-refractivity contribution in [1.82, 2.24) is 9.71 Å². The first-order valence-corrected chi connectivity index (χ1v) is 7.50. The van der Waals surface area contributed by atoms with E-state index in [0.717, 1.165) is 24.4 Å². The number of nitrogens with zero attached hydrogens (tertiary/aromatic N) is 1. The van der Waals surface area contributed by atoms with Gasteiger partial charge in [-0.05, 0) is 23.8 Å². The Kier molecular flexibility index (Phi) is 4.40. The molecule has 9 heteroatoms. The molecule has 0 bridgehead atoms. The predicted octanol–water partition coefficient (Wildman–Crippen LogP) is 2.07. The van der Waals surface area contributed by atoms with Crippen LogP contribution in [0.15, 0.2) is 35.4 Å². The highest BCUT2D eigenvalue weighted by atomic mass is 35.5. The molecule has 5 nitrogen and oxygen atoms in total. The van der Waals surface area contributed by atoms with Gasteiger partial charge in [0, 0.05) is 12.7 Å². The number of nitrogen functional groups attached to an aromatic ring is 1. The Morgan fingerprint density at radius 3 is 2.57 bits per heavy atom. The highest BCUT2D eigenvalue weighted by molar-refractivity contribution is 7.89. The smallest absolute Gasteiger partial charge is 0.242 e. The second-order valence-electron chi connectivity index (χ2n) is 4.11. The molecule has 0 aliphatic heterocycles. The molecule has 1 aromatic carbocycles. The van der Waals surface area contributed by atoms with Gasteiger partial charge in [0.05, 0.1) is 5.02 Å². The van der Waals surface area contributed by atoms with Crippen molar-refractivity contribution < 1.29 is 17.2 Å². The molecule has 0 aliphatic rings. The SMILES string of the molecule is Nc1ncc(S(=O)(=O)NCc2ccc(F)c(F)c2)cc1Cl. The molecule has 112 valence electrons. The molecule has 2 rings (SSSR count). The van der Waals surface area contributed by atoms with Gasteiger partial charge in [-0.3, -0.25) is 0 Å². The van der Waals surface area contributed by atoms with Crippen LogP contribution in [0.5, 0.6) is 0 Å². The molecule has 0 saturated carbocycles. The first-order chi connectivity index (χ1) is 9.79. The van der Waals surface area contributed by atoms with E-state index in [0.29, 0.717) is 0 Å². The molecular weight excluding hydrogens is 324 g/mol. The molecule has 0 fully saturated rings. The lowest BCUT2D eigenvalue weighted by molar-refractivity contribution is 0.506. The fourth-order valence-electron chi connectivity index (χ4n) is 1.49. The van der Waals surface area contributed by atoms with Gasteiger partial charge in [-0.2, -0.15) is 0 Å². The number of benzene rings is 1. The number of nitrogens with two attached hydrogens (primary N) is 1. The summed E-state index contributed by atoms with van der Waals surface area (Å²) in [6.07, 6.45) is 1.05. The van der Waals surface area contributed by atoms with Crippen LogP contribution in [-0.2, 0) is 16.6 Å². The van der Waals surface area contributed by atoms with Gasteiger partial charge in [0.25, 0.3) is 0 Å². The standard InChI is InChI=1S/C12H10ClF2N3O2S/c13-9-4-8(6-17-12(9)16)21(19,20)18-5-7-1-2-10(14)11(15)3-7/h1-4,6,18H,5H2,(H2,16,17). The summed E-state index contributed by atoms with van der Waals surface area (Å²) in [5.74, 6) is -2.05. The Labute approximate surface area is 124 Å². The van der Waals surface area contributed by atoms with Gasteiger partial charge in [0.2, 0.25) is 10.0 Å². The van der Waals surface area contributed by atoms with Crippen molar-refractivity contribution in [3.8, 4) is 0 Å². The van der Waals surface area contributed by atoms with E-state index >= 15 is 0 Å². The third kappa shape index (κ3) is 3.66. The molecule has 21 heavy (non-hydrogen) atoms. The second-order valence-corrected chi connectivity index (χ2v) is 6.29. The van der Waals surface area contributed by atoms with Crippen molar-refractivity contribution in [2.75, 3.05) is 5.73 Å². The van der Waals surface area contributed by atoms with Crippen LogP contribution in [0, 0.1) is 11.6 Å². The lowest BCUT2D eigenvalue weighted by atomic mass is 10.2. The van der Waals surface area contributed by atoms with Crippen LogP contribution < -0.4 is 10.5 Å². The lowest BCUT2D eigenvalue weighted by Crippen LogP contribution is -2.23. The summed E-state index contributed by atoms with van der Waals surface area (Å²) in [6.45, 7) is -0.207. The van der Waals surface area contributed by atoms with E-state index in [-0.39, 0.29) is 27.8 Å². The minimum absolute atomic E-state index is 0.00528. The van der Waals surface area contributed by atoms with E-state index < -0.39 is 21.7 Å². The number of hydrogen-bond acceptors (Lipinski definition) is 4. The van der Waals surface area contributed by atoms with Crippen LogP contribution in [0.25, 0.3) is 0 Å². The first-order valence-electron chi connectivity index (χ1n) is 5.64. The Hall–Kier alpha value is -1.77. The summed E-state index contributed by atoms with van der Waals surface area (Å²) in [5, 5.41) is 0.00528. The van der Waals surface area contributed by atoms with Gasteiger partial charge in [0.1, 0.15) is 10.7 Å². The number of sulfonamides is 1. The third-order valence-electron chi connectivity index (χ3n) is 2.61. The van der Waals surface area contributed by atoms with E-state index in [2.05, 4.69) is 9.71 Å². The summed E-state index contributed by atoms with van der Waals surface area (Å²) in [5.41, 5.74) is 5.66. The van der Waals surface area contributed by atoms with Gasteiger partial charge in [-0.25, -0.2) is 26.9 Å². The number of aromatic nitrogens is 1. The van der Waals surface area contributed by atoms with Crippen LogP contribution >= 0.6 is 11.6 Å². The zero-order valence-electron chi connectivity index (χ0n) is 10.5. The maximum Gasteiger partial charge on any atom is 0.242 e. The molecule has 0 spiro atoms. The third-order valence-corrected chi connectivity index (χ3v) is 4.28. The summed E-state index contributed by atoms with van der Waals surface area (Å²) >= 11 is 5.70. The van der Waals surface area contributed by atoms with Gasteiger partial charge in [0.15, 0.2) is 11.6 Å². The molecule has 0 amide bonds. The first kappa shape index (κ1) is 15.6. The van der Waals surface area contributed by atoms with Gasteiger partial charge >= 0.3 is 0 Å². The normalized spacial score (nSPS) is 11.6. The number of hydrogen-bond donors (Lipinski definition) is 2. The average molecular weight is 334 g/mol. The zero-order chi connectivity index (χ0) is 15.6. The molecule has 0 saturated heterocycles. The predicted molar refractivity (Wildman–Crippen MR) is 74.0 cm³/mol. The molecule has 0 atom stereocenters. The van der Waals surface area contributed by atoms with Crippen LogP contribution in [0.4, 0.5) is 14.6 Å². The van der Waals surface area contributed by atoms with Crippen LogP contribution in [0.3, 0.4) is 0 Å². The fraction of sp³-hybridized carbons (Fsp3) is 0.0833. The molecule has 0 radical (unpaired) electrons. The summed E-state index contributed by atoms with van der Waals surface area (Å²) < 4.78 is 52.0. The fourth-order valence-corrected chi connectivity index (χ4v) is 2.71. The Bertz CT molecular complexity index is 784. The van der Waals surface area contributed by atoms with Crippen molar-refractivity contribution in [3.63, 3.8) is 0 Å². The molecule has 2 aromatic rings. The highest BCUT2D eigenvalue weighted by Crippen LogP contribution is 2.20. The summed E-state index contributed by atoms with van der Waals surface area (Å²) in [4.78, 5) is 3.47. The van der Waals surface area contributed by atoms with E-state index in [1.807, 2.05) is 0 Å². The van der Waals surface area contributed by atoms with Crippen molar-refractivity contribution in [2.24, 2.45) is 0 Å². The van der Waals surface area contributed by atoms with Crippen molar-refractivity contribution in [2.45, 2.75) is 11.4 Å². The van der Waals surface area contributed by atoms with E-state index in [1.54, 1.807) is 0 Å². The number of nitrogens with one attached hydrogen (secondary N) is 1. The van der Waals surface area contributed by atoms with Crippen LogP contribution in [0.2, 0.25) is 5.02 Å². The molecular formula is C12H10ClF2N3O2S. The Balaban J connectivity index is 2.17. The summed E-state index contributed by atoms with van der Waals surface area (Å²) in [6, 6.07) is 4.25. The molecule has 3 N–H and O–H groups in total. The highest BCUT2D eigenvalue weighted by Gasteiger charge is 2.16. The average Bonchev–Trinajstić information content (AvgIpc) is 2.43. The van der Waals surface area contributed by atoms with Gasteiger partial charge in [-0.15, -0.1) is 0 Å². The van der Waals surface area contributed by atoms with Crippen LogP contribution in [0.1, 0.15) is 5.56 Å². The Morgan fingerprint density at radius 2 is 1.95 bits per heavy atom. The number of halogens is 3. The maximum absolute atomic E-state index is 13.0. The van der Waals surface area contributed by atoms with Crippen molar-refractivity contribution in [1.29, 1.82) is 0 Å². The minimum atomic E-state index is -3.89. The van der Waals surface area contributed by atoms with Crippen LogP contribution in [-0.4, -0.2) is 13.4 Å². The van der Waals surface area contributed by atoms with E-state index in [1.165, 1.54) is 6.07 Å². The molecule has 0 unspecified atom stereocenters. The number of pyridine rings is 1. The van der Waals surface area contributed by atoms with Gasteiger partial charge in [-0.1, -0.05) is 17.7 Å². The number of anilines is 1. The second kappa shape index (κ2) is 5.92. The largest absolute Gasteiger partial charge is 0.382 e. The zero-order valence-corrected chi connectivity index (χ0v) is 12.0. The Morgan fingerprint density at radius 1 is 1.24 bits per heavy atom. The van der Waals surface area contributed by atoms with Crippen molar-refractivity contribution in [3.05, 3.63) is 52.7 Å². The minimum Gasteiger partial charge on any atom is -0.382 e. The number of rotatable bonds is 4.